The van der Waals surface area contributed by atoms with Gasteiger partial charge in [-0.2, -0.15) is 0 Å². The second-order valence-corrected chi connectivity index (χ2v) is 4.84. The quantitative estimate of drug-likeness (QED) is 0.800. The van der Waals surface area contributed by atoms with E-state index in [1.807, 2.05) is 0 Å². The lowest BCUT2D eigenvalue weighted by Crippen LogP contribution is -2.49. The van der Waals surface area contributed by atoms with E-state index >= 15 is 0 Å². The van der Waals surface area contributed by atoms with Crippen LogP contribution in [0.1, 0.15) is 24.0 Å². The molecule has 0 atom stereocenters. The first-order valence-electron chi connectivity index (χ1n) is 5.63. The van der Waals surface area contributed by atoms with Crippen molar-refractivity contribution in [3.8, 4) is 0 Å². The molecule has 0 spiro atoms. The highest BCUT2D eigenvalue weighted by Gasteiger charge is 2.29. The molecule has 0 unspecified atom stereocenters. The fourth-order valence-corrected chi connectivity index (χ4v) is 2.31. The summed E-state index contributed by atoms with van der Waals surface area (Å²) in [6.45, 7) is 4.30. The molecule has 2 N–H and O–H groups in total. The highest BCUT2D eigenvalue weighted by atomic mass is 15.1. The molecule has 0 heterocycles. The second kappa shape index (κ2) is 3.86. The first kappa shape index (κ1) is 10.5. The number of hydrogen-bond donors (Lipinski definition) is 1. The van der Waals surface area contributed by atoms with Crippen LogP contribution in [0, 0.1) is 13.8 Å². The predicted molar refractivity (Wildman–Crippen MR) is 65.3 cm³/mol. The average molecular weight is 204 g/mol. The summed E-state index contributed by atoms with van der Waals surface area (Å²) in [6, 6.07) is 7.77. The maximum Gasteiger partial charge on any atom is 0.0371 e. The van der Waals surface area contributed by atoms with Crippen molar-refractivity contribution in [3.63, 3.8) is 0 Å². The van der Waals surface area contributed by atoms with Crippen molar-refractivity contribution in [2.75, 3.05) is 11.9 Å². The van der Waals surface area contributed by atoms with E-state index in [1.165, 1.54) is 16.8 Å². The third-order valence-corrected chi connectivity index (χ3v) is 3.31. The van der Waals surface area contributed by atoms with E-state index in [1.54, 1.807) is 0 Å². The molecule has 0 aromatic heterocycles. The van der Waals surface area contributed by atoms with Gasteiger partial charge in [0.1, 0.15) is 0 Å². The number of hydrogen-bond acceptors (Lipinski definition) is 2. The molecular weight excluding hydrogens is 184 g/mol. The summed E-state index contributed by atoms with van der Waals surface area (Å²) in [5.41, 5.74) is 9.81. The van der Waals surface area contributed by atoms with Gasteiger partial charge in [0.15, 0.2) is 0 Å². The van der Waals surface area contributed by atoms with Gasteiger partial charge in [-0.1, -0.05) is 6.07 Å². The van der Waals surface area contributed by atoms with Crippen molar-refractivity contribution >= 4 is 5.69 Å². The number of anilines is 1. The zero-order valence-corrected chi connectivity index (χ0v) is 9.83. The minimum absolute atomic E-state index is 0.420. The zero-order chi connectivity index (χ0) is 11.0. The van der Waals surface area contributed by atoms with E-state index in [2.05, 4.69) is 44.0 Å². The molecule has 1 aliphatic rings. The third-order valence-electron chi connectivity index (χ3n) is 3.31. The lowest BCUT2D eigenvalue weighted by Gasteiger charge is -2.40. The molecule has 0 radical (unpaired) electrons. The maximum atomic E-state index is 5.82. The largest absolute Gasteiger partial charge is 0.371 e. The van der Waals surface area contributed by atoms with Gasteiger partial charge in [0.05, 0.1) is 0 Å². The van der Waals surface area contributed by atoms with E-state index in [9.17, 15) is 0 Å². The molecular formula is C13H20N2. The SMILES string of the molecule is Cc1cc(C)cc(N(C)C2CC(N)C2)c1. The zero-order valence-electron chi connectivity index (χ0n) is 9.83. The molecule has 0 bridgehead atoms. The normalized spacial score (nSPS) is 24.8. The van der Waals surface area contributed by atoms with Crippen LogP contribution in [0.5, 0.6) is 0 Å². The Morgan fingerprint density at radius 1 is 1.13 bits per heavy atom. The van der Waals surface area contributed by atoms with Gasteiger partial charge in [0.2, 0.25) is 0 Å². The molecule has 1 saturated carbocycles. The average Bonchev–Trinajstić information content (AvgIpc) is 2.10. The Kier molecular flexibility index (Phi) is 2.70. The van der Waals surface area contributed by atoms with Gasteiger partial charge < -0.3 is 10.6 Å². The molecule has 0 amide bonds. The Morgan fingerprint density at radius 3 is 2.13 bits per heavy atom. The minimum Gasteiger partial charge on any atom is -0.371 e. The number of aryl methyl sites for hydroxylation is 2. The maximum absolute atomic E-state index is 5.82. The Labute approximate surface area is 92.1 Å². The van der Waals surface area contributed by atoms with Gasteiger partial charge >= 0.3 is 0 Å². The molecule has 0 saturated heterocycles. The molecule has 2 nitrogen and oxygen atoms in total. The highest BCUT2D eigenvalue weighted by molar-refractivity contribution is 5.51. The lowest BCUT2D eigenvalue weighted by atomic mass is 9.86. The van der Waals surface area contributed by atoms with Crippen molar-refractivity contribution in [2.45, 2.75) is 38.8 Å². The summed E-state index contributed by atoms with van der Waals surface area (Å²) < 4.78 is 0. The van der Waals surface area contributed by atoms with Crippen LogP contribution in [0.4, 0.5) is 5.69 Å². The number of benzene rings is 1. The van der Waals surface area contributed by atoms with Gasteiger partial charge in [-0.3, -0.25) is 0 Å². The number of nitrogens with two attached hydrogens (primary N) is 1. The van der Waals surface area contributed by atoms with Crippen LogP contribution >= 0.6 is 0 Å². The van der Waals surface area contributed by atoms with Gasteiger partial charge in [-0.15, -0.1) is 0 Å². The number of nitrogens with zero attached hydrogens (tertiary/aromatic N) is 1. The summed E-state index contributed by atoms with van der Waals surface area (Å²) in [5, 5.41) is 0. The fraction of sp³-hybridized carbons (Fsp3) is 0.538. The molecule has 2 rings (SSSR count). The fourth-order valence-electron chi connectivity index (χ4n) is 2.31. The van der Waals surface area contributed by atoms with Gasteiger partial charge in [-0.25, -0.2) is 0 Å². The summed E-state index contributed by atoms with van der Waals surface area (Å²) in [5.74, 6) is 0. The van der Waals surface area contributed by atoms with Crippen LogP contribution in [0.2, 0.25) is 0 Å². The first-order chi connectivity index (χ1) is 7.06. The standard InChI is InChI=1S/C13H20N2/c1-9-4-10(2)6-12(5-9)15(3)13-7-11(14)8-13/h4-6,11,13H,7-8,14H2,1-3H3. The summed E-state index contributed by atoms with van der Waals surface area (Å²) in [7, 11) is 2.17. The lowest BCUT2D eigenvalue weighted by molar-refractivity contribution is 0.340. The Morgan fingerprint density at radius 2 is 1.67 bits per heavy atom. The minimum atomic E-state index is 0.420. The predicted octanol–water partition coefficient (Wildman–Crippen LogP) is 2.23. The van der Waals surface area contributed by atoms with Crippen LogP contribution in [-0.4, -0.2) is 19.1 Å². The summed E-state index contributed by atoms with van der Waals surface area (Å²) in [4.78, 5) is 2.36. The first-order valence-corrected chi connectivity index (χ1v) is 5.63. The molecule has 2 heteroatoms. The van der Waals surface area contributed by atoms with Gasteiger partial charge in [0, 0.05) is 24.8 Å². The summed E-state index contributed by atoms with van der Waals surface area (Å²) >= 11 is 0. The van der Waals surface area contributed by atoms with E-state index in [-0.39, 0.29) is 0 Å². The Bertz CT molecular complexity index is 333. The van der Waals surface area contributed by atoms with E-state index in [0.717, 1.165) is 12.8 Å². The number of rotatable bonds is 2. The topological polar surface area (TPSA) is 29.3 Å². The van der Waals surface area contributed by atoms with Crippen LogP contribution in [0.3, 0.4) is 0 Å². The highest BCUT2D eigenvalue weighted by Crippen LogP contribution is 2.28. The molecule has 1 aromatic carbocycles. The van der Waals surface area contributed by atoms with Crippen molar-refractivity contribution in [1.29, 1.82) is 0 Å². The van der Waals surface area contributed by atoms with Gasteiger partial charge in [-0.05, 0) is 49.9 Å². The Balaban J connectivity index is 2.14. The molecule has 1 fully saturated rings. The molecule has 1 aromatic rings. The van der Waals surface area contributed by atoms with Gasteiger partial charge in [0.25, 0.3) is 0 Å². The van der Waals surface area contributed by atoms with Crippen LogP contribution in [0.25, 0.3) is 0 Å². The smallest absolute Gasteiger partial charge is 0.0371 e. The van der Waals surface area contributed by atoms with Crippen molar-refractivity contribution in [1.82, 2.24) is 0 Å². The summed E-state index contributed by atoms with van der Waals surface area (Å²) in [6.07, 6.45) is 2.26. The van der Waals surface area contributed by atoms with Crippen molar-refractivity contribution < 1.29 is 0 Å². The van der Waals surface area contributed by atoms with Crippen molar-refractivity contribution in [2.24, 2.45) is 5.73 Å². The van der Waals surface area contributed by atoms with E-state index in [4.69, 9.17) is 5.73 Å². The molecule has 1 aliphatic carbocycles. The van der Waals surface area contributed by atoms with E-state index < -0.39 is 0 Å². The van der Waals surface area contributed by atoms with Crippen LogP contribution < -0.4 is 10.6 Å². The Hall–Kier alpha value is -1.02. The molecule has 0 aliphatic heterocycles. The second-order valence-electron chi connectivity index (χ2n) is 4.84. The monoisotopic (exact) mass is 204 g/mol. The van der Waals surface area contributed by atoms with Crippen LogP contribution in [0.15, 0.2) is 18.2 Å². The van der Waals surface area contributed by atoms with Crippen LogP contribution in [-0.2, 0) is 0 Å². The molecule has 82 valence electrons. The van der Waals surface area contributed by atoms with Crippen molar-refractivity contribution in [3.05, 3.63) is 29.3 Å². The van der Waals surface area contributed by atoms with E-state index in [0.29, 0.717) is 12.1 Å². The molecule has 15 heavy (non-hydrogen) atoms. The third kappa shape index (κ3) is 2.15.